The Labute approximate surface area is 207 Å². The summed E-state index contributed by atoms with van der Waals surface area (Å²) >= 11 is 0. The zero-order chi connectivity index (χ0) is 25.0. The average molecular weight is 486 g/mol. The second-order valence-electron chi connectivity index (χ2n) is 8.48. The van der Waals surface area contributed by atoms with E-state index in [0.717, 1.165) is 29.8 Å². The van der Waals surface area contributed by atoms with Crippen LogP contribution in [0.25, 0.3) is 5.69 Å². The van der Waals surface area contributed by atoms with Crippen molar-refractivity contribution in [2.45, 2.75) is 39.3 Å². The lowest BCUT2D eigenvalue weighted by Crippen LogP contribution is -2.36. The molecule has 0 saturated heterocycles. The summed E-state index contributed by atoms with van der Waals surface area (Å²) in [5.74, 6) is 0.736. The van der Waals surface area contributed by atoms with Crippen molar-refractivity contribution in [2.75, 3.05) is 40.0 Å². The van der Waals surface area contributed by atoms with Gasteiger partial charge in [-0.2, -0.15) is 5.10 Å². The molecule has 0 aliphatic carbocycles. The lowest BCUT2D eigenvalue weighted by Gasteiger charge is -2.25. The molecule has 0 aliphatic heterocycles. The Balaban J connectivity index is 1.86. The molecule has 0 unspecified atom stereocenters. The Bertz CT molecular complexity index is 1010. The molecule has 190 valence electrons. The molecule has 8 heteroatoms. The average Bonchev–Trinajstić information content (AvgIpc) is 3.17. The van der Waals surface area contributed by atoms with E-state index in [-0.39, 0.29) is 12.4 Å². The molecule has 1 heterocycles. The maximum atomic E-state index is 13.5. The molecule has 0 saturated carbocycles. The number of aliphatic hydroxyl groups is 1. The third-order valence-corrected chi connectivity index (χ3v) is 5.58. The Hall–Kier alpha value is -2.78. The summed E-state index contributed by atoms with van der Waals surface area (Å²) < 4.78 is 32.4. The highest BCUT2D eigenvalue weighted by molar-refractivity contribution is 5.43. The van der Waals surface area contributed by atoms with Crippen molar-refractivity contribution in [3.63, 3.8) is 0 Å². The molecule has 1 aromatic heterocycles. The quantitative estimate of drug-likeness (QED) is 0.314. The lowest BCUT2D eigenvalue weighted by molar-refractivity contribution is 0.0100. The summed E-state index contributed by atoms with van der Waals surface area (Å²) in [4.78, 5) is 2.11. The summed E-state index contributed by atoms with van der Waals surface area (Å²) in [5.41, 5.74) is 2.54. The van der Waals surface area contributed by atoms with Gasteiger partial charge in [0.15, 0.2) is 0 Å². The Morgan fingerprint density at radius 2 is 1.83 bits per heavy atom. The van der Waals surface area contributed by atoms with E-state index in [0.29, 0.717) is 44.5 Å². The number of methoxy groups -OCH3 is 1. The van der Waals surface area contributed by atoms with Crippen LogP contribution in [0.3, 0.4) is 0 Å². The van der Waals surface area contributed by atoms with Crippen LogP contribution in [0, 0.1) is 12.7 Å². The Kier molecular flexibility index (Phi) is 10.7. The number of benzene rings is 2. The van der Waals surface area contributed by atoms with Gasteiger partial charge < -0.3 is 19.3 Å². The van der Waals surface area contributed by atoms with Crippen LogP contribution in [0.1, 0.15) is 31.0 Å². The number of hydrogen-bond acceptors (Lipinski definition) is 6. The number of unbranched alkanes of at least 4 members (excludes halogenated alkanes) is 1. The number of nitrogens with zero attached hydrogens (tertiary/aromatic N) is 3. The number of hydrogen-bond donors (Lipinski definition) is 1. The van der Waals surface area contributed by atoms with Crippen LogP contribution in [0.2, 0.25) is 0 Å². The first-order valence-corrected chi connectivity index (χ1v) is 12.1. The molecule has 0 fully saturated rings. The summed E-state index contributed by atoms with van der Waals surface area (Å²) in [7, 11) is 1.66. The van der Waals surface area contributed by atoms with Gasteiger partial charge in [-0.1, -0.05) is 31.5 Å². The summed E-state index contributed by atoms with van der Waals surface area (Å²) in [5, 5.41) is 15.3. The number of aromatic nitrogens is 2. The van der Waals surface area contributed by atoms with Crippen LogP contribution in [-0.4, -0.2) is 65.9 Å². The van der Waals surface area contributed by atoms with Gasteiger partial charge >= 0.3 is 0 Å². The van der Waals surface area contributed by atoms with E-state index in [2.05, 4.69) is 11.8 Å². The highest BCUT2D eigenvalue weighted by Crippen LogP contribution is 2.31. The second-order valence-corrected chi connectivity index (χ2v) is 8.48. The monoisotopic (exact) mass is 485 g/mol. The molecular formula is C27H36FN3O4. The highest BCUT2D eigenvalue weighted by atomic mass is 19.1. The molecule has 1 N–H and O–H groups in total. The van der Waals surface area contributed by atoms with E-state index >= 15 is 0 Å². The normalized spacial score (nSPS) is 12.3. The van der Waals surface area contributed by atoms with Gasteiger partial charge in [-0.3, -0.25) is 4.90 Å². The fraction of sp³-hybridized carbons (Fsp3) is 0.444. The fourth-order valence-electron chi connectivity index (χ4n) is 3.68. The molecule has 0 bridgehead atoms. The number of aryl methyl sites for hydroxylation is 1. The number of ether oxygens (including phenoxy) is 3. The number of aliphatic hydroxyl groups excluding tert-OH is 1. The molecule has 0 spiro atoms. The van der Waals surface area contributed by atoms with Crippen LogP contribution >= 0.6 is 0 Å². The number of halogens is 1. The third-order valence-electron chi connectivity index (χ3n) is 5.58. The van der Waals surface area contributed by atoms with Gasteiger partial charge in [-0.25, -0.2) is 9.07 Å². The van der Waals surface area contributed by atoms with Gasteiger partial charge in [0.1, 0.15) is 11.6 Å². The maximum absolute atomic E-state index is 13.5. The van der Waals surface area contributed by atoms with Crippen LogP contribution < -0.4 is 4.74 Å². The number of para-hydroxylation sites is 1. The first kappa shape index (κ1) is 26.8. The topological polar surface area (TPSA) is 69.0 Å². The predicted molar refractivity (Wildman–Crippen MR) is 134 cm³/mol. The van der Waals surface area contributed by atoms with E-state index in [4.69, 9.17) is 19.3 Å². The van der Waals surface area contributed by atoms with Crippen molar-refractivity contribution in [1.29, 1.82) is 0 Å². The van der Waals surface area contributed by atoms with Crippen molar-refractivity contribution in [1.82, 2.24) is 14.7 Å². The van der Waals surface area contributed by atoms with Crippen LogP contribution in [0.5, 0.6) is 11.6 Å². The second kappa shape index (κ2) is 13.9. The van der Waals surface area contributed by atoms with Crippen molar-refractivity contribution in [3.05, 3.63) is 71.7 Å². The molecule has 2 aromatic carbocycles. The highest BCUT2D eigenvalue weighted by Gasteiger charge is 2.22. The SMILES string of the molecule is CCCCOC[C@@H](O)CN(CCOC)Cc1c(C)nn(-c2ccccc2)c1Oc1ccc(F)cc1. The van der Waals surface area contributed by atoms with Crippen LogP contribution in [0.4, 0.5) is 4.39 Å². The minimum absolute atomic E-state index is 0.282. The van der Waals surface area contributed by atoms with Crippen molar-refractivity contribution in [2.24, 2.45) is 0 Å². The molecule has 35 heavy (non-hydrogen) atoms. The predicted octanol–water partition coefficient (Wildman–Crippen LogP) is 4.74. The van der Waals surface area contributed by atoms with Gasteiger partial charge in [0, 0.05) is 33.4 Å². The van der Waals surface area contributed by atoms with Crippen LogP contribution in [0.15, 0.2) is 54.6 Å². The molecular weight excluding hydrogens is 449 g/mol. The smallest absolute Gasteiger partial charge is 0.227 e. The largest absolute Gasteiger partial charge is 0.439 e. The Morgan fingerprint density at radius 3 is 2.51 bits per heavy atom. The first-order valence-electron chi connectivity index (χ1n) is 12.1. The van der Waals surface area contributed by atoms with E-state index < -0.39 is 6.10 Å². The van der Waals surface area contributed by atoms with E-state index in [9.17, 15) is 9.50 Å². The molecule has 3 rings (SSSR count). The van der Waals surface area contributed by atoms with Gasteiger partial charge in [0.05, 0.1) is 36.3 Å². The minimum atomic E-state index is -0.630. The molecule has 0 amide bonds. The van der Waals surface area contributed by atoms with Gasteiger partial charge in [0.2, 0.25) is 5.88 Å². The zero-order valence-electron chi connectivity index (χ0n) is 20.8. The Morgan fingerprint density at radius 1 is 1.09 bits per heavy atom. The third kappa shape index (κ3) is 8.14. The molecule has 3 aromatic rings. The van der Waals surface area contributed by atoms with Crippen molar-refractivity contribution < 1.29 is 23.7 Å². The summed E-state index contributed by atoms with van der Waals surface area (Å²) in [6, 6.07) is 15.6. The van der Waals surface area contributed by atoms with Gasteiger partial charge in [-0.15, -0.1) is 0 Å². The summed E-state index contributed by atoms with van der Waals surface area (Å²) in [6.07, 6.45) is 1.40. The molecule has 0 radical (unpaired) electrons. The first-order chi connectivity index (χ1) is 17.0. The molecule has 0 aliphatic rings. The zero-order valence-corrected chi connectivity index (χ0v) is 20.8. The van der Waals surface area contributed by atoms with Crippen molar-refractivity contribution in [3.8, 4) is 17.3 Å². The fourth-order valence-corrected chi connectivity index (χ4v) is 3.68. The van der Waals surface area contributed by atoms with Crippen LogP contribution in [-0.2, 0) is 16.0 Å². The molecule has 7 nitrogen and oxygen atoms in total. The standard InChI is InChI=1S/C27H36FN3O4/c1-4-5-16-34-20-24(32)18-30(15-17-33-3)19-26-21(2)29-31(23-9-7-6-8-10-23)27(26)35-25-13-11-22(28)12-14-25/h6-14,24,32H,4-5,15-20H2,1-3H3/t24-/m0/s1. The van der Waals surface area contributed by atoms with E-state index in [1.165, 1.54) is 12.1 Å². The summed E-state index contributed by atoms with van der Waals surface area (Å²) in [6.45, 7) is 7.01. The number of rotatable bonds is 15. The van der Waals surface area contributed by atoms with E-state index in [1.807, 2.05) is 37.3 Å². The van der Waals surface area contributed by atoms with E-state index in [1.54, 1.807) is 23.9 Å². The maximum Gasteiger partial charge on any atom is 0.227 e. The van der Waals surface area contributed by atoms with Crippen molar-refractivity contribution >= 4 is 0 Å². The van der Waals surface area contributed by atoms with Gasteiger partial charge in [0.25, 0.3) is 0 Å². The van der Waals surface area contributed by atoms with Gasteiger partial charge in [-0.05, 0) is 49.7 Å². The molecule has 1 atom stereocenters. The minimum Gasteiger partial charge on any atom is -0.439 e. The lowest BCUT2D eigenvalue weighted by atomic mass is 10.2.